The zero-order valence-electron chi connectivity index (χ0n) is 12.2. The van der Waals surface area contributed by atoms with Crippen LogP contribution in [-0.2, 0) is 13.0 Å². The van der Waals surface area contributed by atoms with E-state index in [1.165, 1.54) is 5.56 Å². The van der Waals surface area contributed by atoms with Gasteiger partial charge in [0.1, 0.15) is 0 Å². The number of aliphatic hydroxyl groups is 1. The fraction of sp³-hybridized carbons (Fsp3) is 0.438. The Bertz CT molecular complexity index is 507. The Morgan fingerprint density at radius 3 is 2.65 bits per heavy atom. The molecule has 20 heavy (non-hydrogen) atoms. The minimum absolute atomic E-state index is 0.0629. The Kier molecular flexibility index (Phi) is 5.32. The summed E-state index contributed by atoms with van der Waals surface area (Å²) in [4.78, 5) is 4.19. The first-order valence-corrected chi connectivity index (χ1v) is 7.09. The highest BCUT2D eigenvalue weighted by molar-refractivity contribution is 5.16. The van der Waals surface area contributed by atoms with Gasteiger partial charge < -0.3 is 15.0 Å². The molecule has 1 aromatic heterocycles. The van der Waals surface area contributed by atoms with Gasteiger partial charge in [-0.25, -0.2) is 4.98 Å². The lowest BCUT2D eigenvalue weighted by molar-refractivity contribution is 0.240. The van der Waals surface area contributed by atoms with E-state index in [1.54, 1.807) is 0 Å². The molecule has 2 aromatic rings. The fourth-order valence-electron chi connectivity index (χ4n) is 2.28. The lowest BCUT2D eigenvalue weighted by Crippen LogP contribution is -2.34. The zero-order chi connectivity index (χ0) is 14.4. The van der Waals surface area contributed by atoms with E-state index in [0.717, 1.165) is 18.7 Å². The molecule has 1 aromatic carbocycles. The summed E-state index contributed by atoms with van der Waals surface area (Å²) in [5.41, 5.74) is 2.38. The van der Waals surface area contributed by atoms with Crippen LogP contribution in [0.25, 0.3) is 0 Å². The van der Waals surface area contributed by atoms with Crippen molar-refractivity contribution in [3.63, 3.8) is 0 Å². The monoisotopic (exact) mass is 273 g/mol. The molecule has 0 fully saturated rings. The number of nitrogens with one attached hydrogen (secondary N) is 1. The molecule has 0 unspecified atom stereocenters. The number of rotatable bonds is 7. The molecular weight excluding hydrogens is 250 g/mol. The maximum Gasteiger partial charge on any atom is 0.0951 e. The maximum absolute atomic E-state index is 9.51. The van der Waals surface area contributed by atoms with Gasteiger partial charge in [0.15, 0.2) is 0 Å². The number of benzene rings is 1. The number of aromatic nitrogens is 2. The standard InChI is InChI=1S/C16H23N3O/c1-13(2)19-12-17-9-16(19)10-18-15(11-20)8-14-6-4-3-5-7-14/h3-7,9,12-13,15,18,20H,8,10-11H2,1-2H3/t15-/m0/s1. The second kappa shape index (κ2) is 7.22. The highest BCUT2D eigenvalue weighted by atomic mass is 16.3. The molecule has 0 radical (unpaired) electrons. The van der Waals surface area contributed by atoms with Crippen LogP contribution in [-0.4, -0.2) is 27.3 Å². The molecular formula is C16H23N3O. The number of nitrogens with zero attached hydrogens (tertiary/aromatic N) is 2. The van der Waals surface area contributed by atoms with E-state index in [2.05, 4.69) is 40.8 Å². The highest BCUT2D eigenvalue weighted by Crippen LogP contribution is 2.09. The Balaban J connectivity index is 1.92. The summed E-state index contributed by atoms with van der Waals surface area (Å²) >= 11 is 0. The number of imidazole rings is 1. The quantitative estimate of drug-likeness (QED) is 0.813. The van der Waals surface area contributed by atoms with E-state index in [9.17, 15) is 5.11 Å². The predicted molar refractivity (Wildman–Crippen MR) is 80.5 cm³/mol. The van der Waals surface area contributed by atoms with Crippen LogP contribution in [0.5, 0.6) is 0 Å². The lowest BCUT2D eigenvalue weighted by Gasteiger charge is -2.18. The Morgan fingerprint density at radius 1 is 1.25 bits per heavy atom. The molecule has 0 bridgehead atoms. The second-order valence-corrected chi connectivity index (χ2v) is 5.34. The van der Waals surface area contributed by atoms with Crippen LogP contribution in [0.3, 0.4) is 0 Å². The normalized spacial score (nSPS) is 12.8. The van der Waals surface area contributed by atoms with Crippen molar-refractivity contribution in [2.45, 2.75) is 38.9 Å². The molecule has 2 N–H and O–H groups in total. The topological polar surface area (TPSA) is 50.1 Å². The third-order valence-corrected chi connectivity index (χ3v) is 3.42. The number of hydrogen-bond acceptors (Lipinski definition) is 3. The van der Waals surface area contributed by atoms with Crippen LogP contribution in [0, 0.1) is 0 Å². The van der Waals surface area contributed by atoms with Crippen LogP contribution in [0.4, 0.5) is 0 Å². The second-order valence-electron chi connectivity index (χ2n) is 5.34. The predicted octanol–water partition coefficient (Wildman–Crippen LogP) is 2.16. The van der Waals surface area contributed by atoms with Crippen LogP contribution in [0.1, 0.15) is 31.1 Å². The average Bonchev–Trinajstić information content (AvgIpc) is 2.93. The molecule has 0 amide bonds. The average molecular weight is 273 g/mol. The van der Waals surface area contributed by atoms with Gasteiger partial charge in [-0.2, -0.15) is 0 Å². The first-order chi connectivity index (χ1) is 9.70. The molecule has 1 heterocycles. The third-order valence-electron chi connectivity index (χ3n) is 3.42. The van der Waals surface area contributed by atoms with Crippen LogP contribution in [0.2, 0.25) is 0 Å². The van der Waals surface area contributed by atoms with Gasteiger partial charge in [-0.3, -0.25) is 0 Å². The van der Waals surface area contributed by atoms with Gasteiger partial charge in [-0.15, -0.1) is 0 Å². The van der Waals surface area contributed by atoms with Gasteiger partial charge in [0.25, 0.3) is 0 Å². The van der Waals surface area contributed by atoms with Gasteiger partial charge in [0.2, 0.25) is 0 Å². The molecule has 4 nitrogen and oxygen atoms in total. The van der Waals surface area contributed by atoms with Gasteiger partial charge in [0.05, 0.1) is 18.6 Å². The van der Waals surface area contributed by atoms with Crippen molar-refractivity contribution < 1.29 is 5.11 Å². The minimum atomic E-state index is 0.0629. The summed E-state index contributed by atoms with van der Waals surface area (Å²) in [6, 6.07) is 10.7. The van der Waals surface area contributed by atoms with E-state index in [-0.39, 0.29) is 12.6 Å². The van der Waals surface area contributed by atoms with Crippen molar-refractivity contribution in [3.8, 4) is 0 Å². The summed E-state index contributed by atoms with van der Waals surface area (Å²) in [6.07, 6.45) is 4.56. The summed E-state index contributed by atoms with van der Waals surface area (Å²) < 4.78 is 2.14. The third kappa shape index (κ3) is 3.92. The van der Waals surface area contributed by atoms with E-state index in [0.29, 0.717) is 6.04 Å². The van der Waals surface area contributed by atoms with E-state index >= 15 is 0 Å². The summed E-state index contributed by atoms with van der Waals surface area (Å²) in [5.74, 6) is 0. The molecule has 4 heteroatoms. The van der Waals surface area contributed by atoms with E-state index in [4.69, 9.17) is 0 Å². The Hall–Kier alpha value is -1.65. The highest BCUT2D eigenvalue weighted by Gasteiger charge is 2.10. The maximum atomic E-state index is 9.51. The summed E-state index contributed by atoms with van der Waals surface area (Å²) in [7, 11) is 0. The molecule has 0 saturated heterocycles. The fourth-order valence-corrected chi connectivity index (χ4v) is 2.28. The largest absolute Gasteiger partial charge is 0.395 e. The SMILES string of the molecule is CC(C)n1cncc1CN[C@H](CO)Cc1ccccc1. The Labute approximate surface area is 120 Å². The molecule has 0 aliphatic heterocycles. The van der Waals surface area contributed by atoms with Crippen LogP contribution >= 0.6 is 0 Å². The minimum Gasteiger partial charge on any atom is -0.395 e. The van der Waals surface area contributed by atoms with Crippen molar-refractivity contribution in [1.29, 1.82) is 0 Å². The molecule has 0 saturated carbocycles. The van der Waals surface area contributed by atoms with Crippen molar-refractivity contribution in [2.24, 2.45) is 0 Å². The summed E-state index contributed by atoms with van der Waals surface area (Å²) in [6.45, 7) is 5.12. The Morgan fingerprint density at radius 2 is 2.00 bits per heavy atom. The van der Waals surface area contributed by atoms with Gasteiger partial charge in [-0.1, -0.05) is 30.3 Å². The van der Waals surface area contributed by atoms with Crippen LogP contribution < -0.4 is 5.32 Å². The molecule has 2 rings (SSSR count). The first-order valence-electron chi connectivity index (χ1n) is 7.09. The molecule has 0 spiro atoms. The van der Waals surface area contributed by atoms with Gasteiger partial charge >= 0.3 is 0 Å². The van der Waals surface area contributed by atoms with Gasteiger partial charge in [-0.05, 0) is 25.8 Å². The van der Waals surface area contributed by atoms with Crippen molar-refractivity contribution in [2.75, 3.05) is 6.61 Å². The van der Waals surface area contributed by atoms with E-state index < -0.39 is 0 Å². The first kappa shape index (κ1) is 14.8. The molecule has 108 valence electrons. The van der Waals surface area contributed by atoms with Crippen molar-refractivity contribution >= 4 is 0 Å². The summed E-state index contributed by atoms with van der Waals surface area (Å²) in [5, 5.41) is 12.9. The van der Waals surface area contributed by atoms with E-state index in [1.807, 2.05) is 30.7 Å². The zero-order valence-corrected chi connectivity index (χ0v) is 12.2. The number of hydrogen-bond donors (Lipinski definition) is 2. The van der Waals surface area contributed by atoms with Crippen molar-refractivity contribution in [3.05, 3.63) is 54.1 Å². The van der Waals surface area contributed by atoms with Gasteiger partial charge in [0, 0.05) is 24.8 Å². The lowest BCUT2D eigenvalue weighted by atomic mass is 10.1. The number of aliphatic hydroxyl groups excluding tert-OH is 1. The molecule has 0 aliphatic carbocycles. The molecule has 0 aliphatic rings. The van der Waals surface area contributed by atoms with Crippen molar-refractivity contribution in [1.82, 2.24) is 14.9 Å². The molecule has 1 atom stereocenters. The smallest absolute Gasteiger partial charge is 0.0951 e. The van der Waals surface area contributed by atoms with Crippen LogP contribution in [0.15, 0.2) is 42.9 Å².